The second-order valence-corrected chi connectivity index (χ2v) is 1.01. The lowest BCUT2D eigenvalue weighted by Crippen LogP contribution is -2.02. The van der Waals surface area contributed by atoms with E-state index in [4.69, 9.17) is 5.26 Å². The predicted molar refractivity (Wildman–Crippen MR) is 26.1 cm³/mol. The molecular weight excluding hydrogens is 137 g/mol. The summed E-state index contributed by atoms with van der Waals surface area (Å²) in [6, 6.07) is 1.93. The third kappa shape index (κ3) is 2680. The van der Waals surface area contributed by atoms with E-state index in [0.29, 0.717) is 6.42 Å². The minimum atomic E-state index is -6.00. The summed E-state index contributed by atoms with van der Waals surface area (Å²) in [6.07, 6.45) is 0.625. The molecule has 9 heavy (non-hydrogen) atoms. The van der Waals surface area contributed by atoms with E-state index >= 15 is 0 Å². The summed E-state index contributed by atoms with van der Waals surface area (Å²) >= 11 is 0. The van der Waals surface area contributed by atoms with Gasteiger partial charge in [-0.05, 0) is 0 Å². The molecule has 0 radical (unpaired) electrons. The first-order chi connectivity index (χ1) is 3.91. The summed E-state index contributed by atoms with van der Waals surface area (Å²) in [5.74, 6) is 0. The van der Waals surface area contributed by atoms with E-state index in [1.165, 1.54) is 0 Å². The van der Waals surface area contributed by atoms with Crippen LogP contribution in [0.4, 0.5) is 17.3 Å². The fraction of sp³-hybridized carbons (Fsp3) is 0.667. The van der Waals surface area contributed by atoms with Gasteiger partial charge in [0.25, 0.3) is 0 Å². The Hall–Kier alpha value is -0.725. The molecule has 0 amide bonds. The van der Waals surface area contributed by atoms with Gasteiger partial charge >= 0.3 is 7.25 Å². The van der Waals surface area contributed by atoms with Crippen LogP contribution in [-0.2, 0) is 0 Å². The lowest BCUT2D eigenvalue weighted by atomic mass is 10.3. The number of hydrogen-bond acceptors (Lipinski definition) is 1. The molecule has 0 saturated carbocycles. The van der Waals surface area contributed by atoms with Crippen molar-refractivity contribution in [3.63, 3.8) is 0 Å². The molecule has 0 aromatic carbocycles. The maximum atomic E-state index is 9.75. The summed E-state index contributed by atoms with van der Waals surface area (Å²) in [5.41, 5.74) is 0. The third-order valence-corrected chi connectivity index (χ3v) is 0.158. The van der Waals surface area contributed by atoms with Crippen LogP contribution in [0.3, 0.4) is 0 Å². The Morgan fingerprint density at radius 3 is 1.44 bits per heavy atom. The first-order valence-electron chi connectivity index (χ1n) is 2.16. The highest BCUT2D eigenvalue weighted by Gasteiger charge is 2.20. The van der Waals surface area contributed by atoms with Gasteiger partial charge in [0.1, 0.15) is 0 Å². The Morgan fingerprint density at radius 2 is 1.44 bits per heavy atom. The number of halogens is 4. The van der Waals surface area contributed by atoms with Gasteiger partial charge in [0, 0.05) is 6.42 Å². The van der Waals surface area contributed by atoms with Crippen molar-refractivity contribution in [3.8, 4) is 6.07 Å². The average Bonchev–Trinajstić information content (AvgIpc) is 1.61. The molecule has 0 N–H and O–H groups in total. The molecule has 0 bridgehead atoms. The van der Waals surface area contributed by atoms with Crippen LogP contribution >= 0.6 is 0 Å². The van der Waals surface area contributed by atoms with Crippen LogP contribution in [0.2, 0.25) is 0 Å². The van der Waals surface area contributed by atoms with Gasteiger partial charge in [0.05, 0.1) is 6.07 Å². The van der Waals surface area contributed by atoms with Crippen LogP contribution in [0.1, 0.15) is 13.3 Å². The van der Waals surface area contributed by atoms with Gasteiger partial charge < -0.3 is 17.3 Å². The highest BCUT2D eigenvalue weighted by atomic mass is 19.5. The number of hydrogen-bond donors (Lipinski definition) is 0. The largest absolute Gasteiger partial charge is 0.673 e. The molecule has 0 saturated heterocycles. The highest BCUT2D eigenvalue weighted by Crippen LogP contribution is 2.06. The van der Waals surface area contributed by atoms with Gasteiger partial charge in [-0.3, -0.25) is 0 Å². The Balaban J connectivity index is 0. The van der Waals surface area contributed by atoms with Gasteiger partial charge in [-0.2, -0.15) is 5.26 Å². The van der Waals surface area contributed by atoms with Gasteiger partial charge in [-0.1, -0.05) is 6.92 Å². The molecule has 0 aliphatic rings. The fourth-order valence-electron chi connectivity index (χ4n) is 0. The Labute approximate surface area is 50.4 Å². The van der Waals surface area contributed by atoms with E-state index in [1.807, 2.05) is 13.0 Å². The maximum absolute atomic E-state index is 9.75. The average molecular weight is 142 g/mol. The SMILES string of the molecule is CCC#N.F[B-](F)(F)F. The predicted octanol–water partition coefficient (Wildman–Crippen LogP) is 2.22. The van der Waals surface area contributed by atoms with Crippen LogP contribution < -0.4 is 0 Å². The second-order valence-electron chi connectivity index (χ2n) is 1.01. The van der Waals surface area contributed by atoms with E-state index in [2.05, 4.69) is 0 Å². The summed E-state index contributed by atoms with van der Waals surface area (Å²) in [7, 11) is -6.00. The first kappa shape index (κ1) is 11.1. The molecule has 0 spiro atoms. The normalized spacial score (nSPS) is 8.89. The Bertz CT molecular complexity index is 87.0. The Morgan fingerprint density at radius 1 is 1.33 bits per heavy atom. The summed E-state index contributed by atoms with van der Waals surface area (Å²) in [6.45, 7) is 1.82. The van der Waals surface area contributed by atoms with Crippen molar-refractivity contribution in [3.05, 3.63) is 0 Å². The zero-order chi connectivity index (χ0) is 7.91. The van der Waals surface area contributed by atoms with Gasteiger partial charge in [0.2, 0.25) is 0 Å². The highest BCUT2D eigenvalue weighted by molar-refractivity contribution is 6.50. The van der Waals surface area contributed by atoms with Gasteiger partial charge in [0.15, 0.2) is 0 Å². The van der Waals surface area contributed by atoms with Crippen LogP contribution in [-0.4, -0.2) is 7.25 Å². The molecule has 0 fully saturated rings. The van der Waals surface area contributed by atoms with Crippen molar-refractivity contribution in [1.29, 1.82) is 5.26 Å². The molecule has 0 heterocycles. The minimum absolute atomic E-state index is 0.625. The molecule has 0 rings (SSSR count). The molecule has 0 aromatic heterocycles. The van der Waals surface area contributed by atoms with Crippen molar-refractivity contribution < 1.29 is 17.3 Å². The molecule has 0 atom stereocenters. The first-order valence-corrected chi connectivity index (χ1v) is 2.16. The van der Waals surface area contributed by atoms with Gasteiger partial charge in [-0.15, -0.1) is 0 Å². The van der Waals surface area contributed by atoms with E-state index in [9.17, 15) is 17.3 Å². The molecular formula is C3H5BF4N-. The molecule has 0 unspecified atom stereocenters. The van der Waals surface area contributed by atoms with Crippen molar-refractivity contribution in [1.82, 2.24) is 0 Å². The zero-order valence-electron chi connectivity index (χ0n) is 4.74. The van der Waals surface area contributed by atoms with E-state index in [0.717, 1.165) is 0 Å². The lowest BCUT2D eigenvalue weighted by Gasteiger charge is -1.94. The van der Waals surface area contributed by atoms with Crippen LogP contribution in [0, 0.1) is 11.3 Å². The van der Waals surface area contributed by atoms with Crippen LogP contribution in [0.5, 0.6) is 0 Å². The van der Waals surface area contributed by atoms with Crippen molar-refractivity contribution >= 4 is 7.25 Å². The lowest BCUT2D eigenvalue weighted by molar-refractivity contribution is 0.368. The number of nitriles is 1. The standard InChI is InChI=1S/C3H5N.BF4/c1-2-3-4;2-1(3,4)5/h2H2,1H3;/q;-1. The van der Waals surface area contributed by atoms with Crippen molar-refractivity contribution in [2.24, 2.45) is 0 Å². The molecule has 6 heteroatoms. The second kappa shape index (κ2) is 5.41. The number of rotatable bonds is 0. The summed E-state index contributed by atoms with van der Waals surface area (Å²) in [5, 5.41) is 7.62. The topological polar surface area (TPSA) is 23.8 Å². The van der Waals surface area contributed by atoms with Gasteiger partial charge in [-0.25, -0.2) is 0 Å². The molecule has 0 aliphatic heterocycles. The molecule has 0 aliphatic carbocycles. The molecule has 54 valence electrons. The van der Waals surface area contributed by atoms with E-state index in [1.54, 1.807) is 0 Å². The van der Waals surface area contributed by atoms with E-state index < -0.39 is 7.25 Å². The van der Waals surface area contributed by atoms with Crippen LogP contribution in [0.15, 0.2) is 0 Å². The number of nitrogens with zero attached hydrogens (tertiary/aromatic N) is 1. The van der Waals surface area contributed by atoms with Crippen molar-refractivity contribution in [2.45, 2.75) is 13.3 Å². The van der Waals surface area contributed by atoms with E-state index in [-0.39, 0.29) is 0 Å². The fourth-order valence-corrected chi connectivity index (χ4v) is 0. The van der Waals surface area contributed by atoms with Crippen molar-refractivity contribution in [2.75, 3.05) is 0 Å². The third-order valence-electron chi connectivity index (χ3n) is 0.158. The quantitative estimate of drug-likeness (QED) is 0.375. The summed E-state index contributed by atoms with van der Waals surface area (Å²) in [4.78, 5) is 0. The molecule has 0 aromatic rings. The maximum Gasteiger partial charge on any atom is 0.673 e. The monoisotopic (exact) mass is 142 g/mol. The molecule has 1 nitrogen and oxygen atoms in total. The smallest absolute Gasteiger partial charge is 0.418 e. The Kier molecular flexibility index (Phi) is 6.69. The zero-order valence-corrected chi connectivity index (χ0v) is 4.74. The van der Waals surface area contributed by atoms with Crippen LogP contribution in [0.25, 0.3) is 0 Å². The minimum Gasteiger partial charge on any atom is -0.418 e. The summed E-state index contributed by atoms with van der Waals surface area (Å²) < 4.78 is 39.0.